The molecule has 0 bridgehead atoms. The van der Waals surface area contributed by atoms with Gasteiger partial charge in [0.05, 0.1) is 11.0 Å². The molecule has 0 spiro atoms. The quantitative estimate of drug-likeness (QED) is 0.175. The maximum absolute atomic E-state index is 5.07. The van der Waals surface area contributed by atoms with Gasteiger partial charge in [-0.25, -0.2) is 9.97 Å². The van der Waals surface area contributed by atoms with Crippen LogP contribution in [0.3, 0.4) is 0 Å². The Morgan fingerprint density at radius 2 is 0.769 bits per heavy atom. The van der Waals surface area contributed by atoms with E-state index in [-0.39, 0.29) is 0 Å². The normalized spacial score (nSPS) is 11.8. The molecule has 6 aromatic heterocycles. The SMILES string of the molecule is Cc1c(C)n(-c2ccc(-c3ccncc3)cn2)c2c3ccccc3c3c4c(C)c(C)n(-c5ccc(-c6ccncc6)cn5)c4c4ccccc4c3c12. The first-order valence-electron chi connectivity index (χ1n) is 17.6. The predicted octanol–water partition coefficient (Wildman–Crippen LogP) is 11.2. The van der Waals surface area contributed by atoms with Crippen LogP contribution in [0.2, 0.25) is 0 Å². The van der Waals surface area contributed by atoms with Crippen LogP contribution in [0, 0.1) is 27.7 Å². The molecule has 0 fully saturated rings. The lowest BCUT2D eigenvalue weighted by molar-refractivity contribution is 0.988. The fourth-order valence-electron chi connectivity index (χ4n) is 8.38. The Bertz CT molecular complexity index is 2800. The average molecular weight is 671 g/mol. The van der Waals surface area contributed by atoms with Crippen molar-refractivity contribution in [2.75, 3.05) is 0 Å². The molecule has 0 N–H and O–H groups in total. The van der Waals surface area contributed by atoms with Crippen molar-refractivity contribution in [1.29, 1.82) is 0 Å². The minimum atomic E-state index is 0.905. The first-order chi connectivity index (χ1) is 25.5. The lowest BCUT2D eigenvalue weighted by Crippen LogP contribution is -2.01. The zero-order valence-corrected chi connectivity index (χ0v) is 29.4. The van der Waals surface area contributed by atoms with Crippen molar-refractivity contribution < 1.29 is 0 Å². The maximum Gasteiger partial charge on any atom is 0.137 e. The maximum atomic E-state index is 5.07. The van der Waals surface area contributed by atoms with Crippen LogP contribution >= 0.6 is 0 Å². The monoisotopic (exact) mass is 670 g/mol. The van der Waals surface area contributed by atoms with E-state index in [0.29, 0.717) is 0 Å². The van der Waals surface area contributed by atoms with Crippen LogP contribution in [0.1, 0.15) is 22.5 Å². The summed E-state index contributed by atoms with van der Waals surface area (Å²) in [5.74, 6) is 1.81. The lowest BCUT2D eigenvalue weighted by Gasteiger charge is -2.16. The van der Waals surface area contributed by atoms with Crippen molar-refractivity contribution in [3.8, 4) is 33.9 Å². The first-order valence-corrected chi connectivity index (χ1v) is 17.6. The Balaban J connectivity index is 1.31. The average Bonchev–Trinajstić information content (AvgIpc) is 3.63. The van der Waals surface area contributed by atoms with Crippen LogP contribution < -0.4 is 0 Å². The summed E-state index contributed by atoms with van der Waals surface area (Å²) in [4.78, 5) is 18.5. The molecule has 10 rings (SSSR count). The molecule has 0 aliphatic carbocycles. The minimum absolute atomic E-state index is 0.905. The minimum Gasteiger partial charge on any atom is -0.298 e. The summed E-state index contributed by atoms with van der Waals surface area (Å²) in [5, 5.41) is 9.99. The summed E-state index contributed by atoms with van der Waals surface area (Å²) in [5.41, 5.74) is 11.6. The van der Waals surface area contributed by atoms with E-state index in [4.69, 9.17) is 9.97 Å². The van der Waals surface area contributed by atoms with E-state index in [1.54, 1.807) is 0 Å². The van der Waals surface area contributed by atoms with E-state index in [1.807, 2.05) is 61.4 Å². The standard InChI is InChI=1S/C46H34N6/c1-27-29(3)51(39-15-13-33(25-49-39)31-17-21-47-22-18-31)45-37-11-7-6-10-36(37)44-42-28(2)30(4)52(40-16-14-34(26-50-40)32-19-23-48-24-20-32)46(42)38-12-8-5-9-35(38)43(44)41(27)45/h5-26H,1-4H3. The summed E-state index contributed by atoms with van der Waals surface area (Å²) in [6.07, 6.45) is 11.2. The highest BCUT2D eigenvalue weighted by Crippen LogP contribution is 2.48. The summed E-state index contributed by atoms with van der Waals surface area (Å²) in [7, 11) is 0. The van der Waals surface area contributed by atoms with Gasteiger partial charge in [0.25, 0.3) is 0 Å². The van der Waals surface area contributed by atoms with E-state index in [9.17, 15) is 0 Å². The van der Waals surface area contributed by atoms with E-state index < -0.39 is 0 Å². The summed E-state index contributed by atoms with van der Waals surface area (Å²) < 4.78 is 4.72. The van der Waals surface area contributed by atoms with Crippen molar-refractivity contribution in [2.24, 2.45) is 0 Å². The van der Waals surface area contributed by atoms with Crippen molar-refractivity contribution in [3.05, 3.63) is 157 Å². The molecule has 4 aromatic carbocycles. The Kier molecular flexibility index (Phi) is 6.64. The highest BCUT2D eigenvalue weighted by Gasteiger charge is 2.26. The van der Waals surface area contributed by atoms with Gasteiger partial charge in [0.15, 0.2) is 0 Å². The number of fused-ring (bicyclic) bond motifs is 11. The molecule has 248 valence electrons. The number of aryl methyl sites for hydroxylation is 2. The highest BCUT2D eigenvalue weighted by molar-refractivity contribution is 6.40. The van der Waals surface area contributed by atoms with Crippen LogP contribution in [-0.2, 0) is 0 Å². The molecule has 0 radical (unpaired) electrons. The molecule has 0 aliphatic heterocycles. The summed E-state index contributed by atoms with van der Waals surface area (Å²) in [6.45, 7) is 8.99. The number of hydrogen-bond acceptors (Lipinski definition) is 4. The van der Waals surface area contributed by atoms with Crippen molar-refractivity contribution in [3.63, 3.8) is 0 Å². The molecule has 0 saturated carbocycles. The molecule has 10 aromatic rings. The van der Waals surface area contributed by atoms with Gasteiger partial charge in [0, 0.05) is 92.0 Å². The number of rotatable bonds is 4. The van der Waals surface area contributed by atoms with Crippen LogP contribution in [-0.4, -0.2) is 29.1 Å². The summed E-state index contributed by atoms with van der Waals surface area (Å²) >= 11 is 0. The van der Waals surface area contributed by atoms with E-state index in [0.717, 1.165) is 33.9 Å². The number of aromatic nitrogens is 6. The Labute approximate surface area is 300 Å². The molecule has 0 saturated heterocycles. The largest absolute Gasteiger partial charge is 0.298 e. The third kappa shape index (κ3) is 4.24. The van der Waals surface area contributed by atoms with Gasteiger partial charge in [-0.1, -0.05) is 48.5 Å². The molecule has 6 heterocycles. The van der Waals surface area contributed by atoms with E-state index in [1.165, 1.54) is 76.6 Å². The zero-order valence-electron chi connectivity index (χ0n) is 29.4. The van der Waals surface area contributed by atoms with Crippen LogP contribution in [0.15, 0.2) is 134 Å². The van der Waals surface area contributed by atoms with Crippen LogP contribution in [0.4, 0.5) is 0 Å². The van der Waals surface area contributed by atoms with Crippen molar-refractivity contribution >= 4 is 54.1 Å². The van der Waals surface area contributed by atoms with Crippen LogP contribution in [0.25, 0.3) is 88.0 Å². The third-order valence-corrected chi connectivity index (χ3v) is 11.1. The number of pyridine rings is 4. The zero-order chi connectivity index (χ0) is 35.1. The molecule has 6 nitrogen and oxygen atoms in total. The molecule has 0 unspecified atom stereocenters. The van der Waals surface area contributed by atoms with Crippen molar-refractivity contribution in [2.45, 2.75) is 27.7 Å². The molecule has 6 heteroatoms. The first kappa shape index (κ1) is 30.2. The molecule has 0 atom stereocenters. The second-order valence-corrected chi connectivity index (χ2v) is 13.7. The van der Waals surface area contributed by atoms with Gasteiger partial charge in [0.2, 0.25) is 0 Å². The topological polar surface area (TPSA) is 61.4 Å². The Morgan fingerprint density at radius 3 is 1.13 bits per heavy atom. The Morgan fingerprint density at radius 1 is 0.385 bits per heavy atom. The van der Waals surface area contributed by atoms with Crippen molar-refractivity contribution in [1.82, 2.24) is 29.1 Å². The highest BCUT2D eigenvalue weighted by atomic mass is 15.1. The van der Waals surface area contributed by atoms with E-state index >= 15 is 0 Å². The molecule has 0 amide bonds. The van der Waals surface area contributed by atoms with Crippen LogP contribution in [0.5, 0.6) is 0 Å². The lowest BCUT2D eigenvalue weighted by atomic mass is 9.89. The fraction of sp³-hybridized carbons (Fsp3) is 0.0870. The summed E-state index contributed by atoms with van der Waals surface area (Å²) in [6, 6.07) is 34.5. The van der Waals surface area contributed by atoms with Gasteiger partial charge in [-0.2, -0.15) is 0 Å². The van der Waals surface area contributed by atoms with E-state index in [2.05, 4.69) is 120 Å². The molecule has 0 aliphatic rings. The van der Waals surface area contributed by atoms with Gasteiger partial charge in [0.1, 0.15) is 11.6 Å². The van der Waals surface area contributed by atoms with Gasteiger partial charge in [-0.3, -0.25) is 19.1 Å². The third-order valence-electron chi connectivity index (χ3n) is 11.1. The van der Waals surface area contributed by atoms with Gasteiger partial charge in [-0.15, -0.1) is 0 Å². The molecule has 52 heavy (non-hydrogen) atoms. The number of hydrogen-bond donors (Lipinski definition) is 0. The predicted molar refractivity (Wildman–Crippen MR) is 214 cm³/mol. The molecular weight excluding hydrogens is 637 g/mol. The second kappa shape index (κ2) is 11.4. The fourth-order valence-corrected chi connectivity index (χ4v) is 8.38. The second-order valence-electron chi connectivity index (χ2n) is 13.7. The number of benzene rings is 4. The van der Waals surface area contributed by atoms with Gasteiger partial charge in [-0.05, 0) is 109 Å². The number of nitrogens with zero attached hydrogens (tertiary/aromatic N) is 6. The van der Waals surface area contributed by atoms with Gasteiger partial charge < -0.3 is 0 Å². The molecular formula is C46H34N6. The van der Waals surface area contributed by atoms with Gasteiger partial charge >= 0.3 is 0 Å². The smallest absolute Gasteiger partial charge is 0.137 e. The Hall–Kier alpha value is -6.66.